The molecule has 0 bridgehead atoms. The van der Waals surface area contributed by atoms with Gasteiger partial charge in [-0.3, -0.25) is 0 Å². The summed E-state index contributed by atoms with van der Waals surface area (Å²) in [6, 6.07) is 1.92. The van der Waals surface area contributed by atoms with E-state index in [1.807, 2.05) is 18.4 Å². The lowest BCUT2D eigenvalue weighted by molar-refractivity contribution is 0.181. The predicted octanol–water partition coefficient (Wildman–Crippen LogP) is 2.88. The van der Waals surface area contributed by atoms with Crippen molar-refractivity contribution in [3.63, 3.8) is 0 Å². The van der Waals surface area contributed by atoms with Crippen molar-refractivity contribution < 1.29 is 4.74 Å². The van der Waals surface area contributed by atoms with E-state index in [0.29, 0.717) is 12.4 Å². The van der Waals surface area contributed by atoms with Crippen LogP contribution in [-0.2, 0) is 11.3 Å². The summed E-state index contributed by atoms with van der Waals surface area (Å²) in [5.74, 6) is 1.47. The van der Waals surface area contributed by atoms with Crippen LogP contribution in [0.1, 0.15) is 24.0 Å². The van der Waals surface area contributed by atoms with Crippen LogP contribution >= 0.6 is 11.3 Å². The number of aromatic nitrogens is 3. The van der Waals surface area contributed by atoms with Gasteiger partial charge < -0.3 is 10.1 Å². The Bertz CT molecular complexity index is 541. The third kappa shape index (κ3) is 3.71. The number of aryl methyl sites for hydroxylation is 1. The minimum absolute atomic E-state index is 0.472. The van der Waals surface area contributed by atoms with Gasteiger partial charge >= 0.3 is 0 Å². The molecule has 0 aromatic carbocycles. The second kappa shape index (κ2) is 6.58. The molecule has 1 N–H and O–H groups in total. The lowest BCUT2D eigenvalue weighted by atomic mass is 10.3. The Hall–Kier alpha value is -1.53. The summed E-state index contributed by atoms with van der Waals surface area (Å²) < 4.78 is 5.15. The third-order valence-electron chi connectivity index (χ3n) is 2.48. The summed E-state index contributed by atoms with van der Waals surface area (Å²) in [6.07, 6.45) is 1.05. The molecule has 0 atom stereocenters. The molecule has 102 valence electrons. The van der Waals surface area contributed by atoms with Crippen molar-refractivity contribution in [3.8, 4) is 11.5 Å². The number of ether oxygens (including phenoxy) is 1. The van der Waals surface area contributed by atoms with Gasteiger partial charge in [-0.1, -0.05) is 6.92 Å². The van der Waals surface area contributed by atoms with Crippen molar-refractivity contribution in [2.24, 2.45) is 0 Å². The molecule has 0 saturated heterocycles. The molecular weight excluding hydrogens is 260 g/mol. The van der Waals surface area contributed by atoms with E-state index in [-0.39, 0.29) is 0 Å². The van der Waals surface area contributed by atoms with Gasteiger partial charge in [0.25, 0.3) is 0 Å². The van der Waals surface area contributed by atoms with Crippen LogP contribution in [0.25, 0.3) is 11.5 Å². The van der Waals surface area contributed by atoms with Gasteiger partial charge in [-0.05, 0) is 13.3 Å². The summed E-state index contributed by atoms with van der Waals surface area (Å²) in [7, 11) is 1.66. The fraction of sp³-hybridized carbons (Fsp3) is 0.462. The zero-order chi connectivity index (χ0) is 13.7. The zero-order valence-electron chi connectivity index (χ0n) is 11.4. The van der Waals surface area contributed by atoms with Crippen molar-refractivity contribution in [2.75, 3.05) is 19.0 Å². The van der Waals surface area contributed by atoms with E-state index >= 15 is 0 Å². The molecule has 2 aromatic heterocycles. The van der Waals surface area contributed by atoms with Crippen LogP contribution in [0.5, 0.6) is 0 Å². The van der Waals surface area contributed by atoms with Crippen molar-refractivity contribution in [2.45, 2.75) is 26.9 Å². The summed E-state index contributed by atoms with van der Waals surface area (Å²) in [4.78, 5) is 13.4. The van der Waals surface area contributed by atoms with Crippen LogP contribution < -0.4 is 5.32 Å². The minimum Gasteiger partial charge on any atom is -0.378 e. The highest BCUT2D eigenvalue weighted by Gasteiger charge is 2.09. The highest BCUT2D eigenvalue weighted by Crippen LogP contribution is 2.20. The Morgan fingerprint density at radius 1 is 1.32 bits per heavy atom. The molecule has 0 saturated carbocycles. The maximum absolute atomic E-state index is 5.15. The topological polar surface area (TPSA) is 59.9 Å². The van der Waals surface area contributed by atoms with Crippen molar-refractivity contribution in [1.29, 1.82) is 0 Å². The molecule has 0 aliphatic heterocycles. The van der Waals surface area contributed by atoms with Gasteiger partial charge in [0.1, 0.15) is 11.5 Å². The largest absolute Gasteiger partial charge is 0.378 e. The Morgan fingerprint density at radius 2 is 2.16 bits per heavy atom. The second-order valence-electron chi connectivity index (χ2n) is 4.18. The number of anilines is 1. The SMILES string of the molecule is CCCNc1cc(COC)nc(-c2csc(C)n2)n1. The van der Waals surface area contributed by atoms with Crippen LogP contribution in [0.2, 0.25) is 0 Å². The average Bonchev–Trinajstić information content (AvgIpc) is 2.83. The van der Waals surface area contributed by atoms with Crippen LogP contribution in [-0.4, -0.2) is 28.6 Å². The fourth-order valence-electron chi connectivity index (χ4n) is 1.64. The van der Waals surface area contributed by atoms with E-state index in [2.05, 4.69) is 27.2 Å². The van der Waals surface area contributed by atoms with E-state index < -0.39 is 0 Å². The number of nitrogens with zero attached hydrogens (tertiary/aromatic N) is 3. The zero-order valence-corrected chi connectivity index (χ0v) is 12.3. The molecule has 6 heteroatoms. The Morgan fingerprint density at radius 3 is 2.79 bits per heavy atom. The lowest BCUT2D eigenvalue weighted by Gasteiger charge is -2.08. The van der Waals surface area contributed by atoms with Crippen LogP contribution in [0.4, 0.5) is 5.82 Å². The molecule has 0 aliphatic carbocycles. The molecule has 5 nitrogen and oxygen atoms in total. The van der Waals surface area contributed by atoms with Crippen LogP contribution in [0, 0.1) is 6.92 Å². The molecule has 0 fully saturated rings. The van der Waals surface area contributed by atoms with E-state index in [0.717, 1.165) is 35.2 Å². The van der Waals surface area contributed by atoms with Crippen LogP contribution in [0.3, 0.4) is 0 Å². The van der Waals surface area contributed by atoms with Gasteiger partial charge in [-0.2, -0.15) is 0 Å². The number of rotatable bonds is 6. The molecule has 2 aromatic rings. The van der Waals surface area contributed by atoms with E-state index in [1.54, 1.807) is 18.4 Å². The molecule has 2 heterocycles. The third-order valence-corrected chi connectivity index (χ3v) is 3.25. The predicted molar refractivity (Wildman–Crippen MR) is 77.4 cm³/mol. The van der Waals surface area contributed by atoms with Crippen molar-refractivity contribution >= 4 is 17.2 Å². The molecule has 0 aliphatic rings. The lowest BCUT2D eigenvalue weighted by Crippen LogP contribution is -2.06. The molecule has 2 rings (SSSR count). The van der Waals surface area contributed by atoms with Gasteiger partial charge in [0, 0.05) is 25.1 Å². The first-order chi connectivity index (χ1) is 9.22. The van der Waals surface area contributed by atoms with E-state index in [1.165, 1.54) is 0 Å². The first kappa shape index (κ1) is 13.9. The molecule has 0 unspecified atom stereocenters. The van der Waals surface area contributed by atoms with Crippen molar-refractivity contribution in [1.82, 2.24) is 15.0 Å². The first-order valence-corrected chi connectivity index (χ1v) is 7.14. The van der Waals surface area contributed by atoms with Gasteiger partial charge in [0.2, 0.25) is 0 Å². The van der Waals surface area contributed by atoms with Gasteiger partial charge in [0.05, 0.1) is 17.3 Å². The van der Waals surface area contributed by atoms with Crippen LogP contribution in [0.15, 0.2) is 11.4 Å². The number of methoxy groups -OCH3 is 1. The molecule has 0 radical (unpaired) electrons. The number of hydrogen-bond acceptors (Lipinski definition) is 6. The summed E-state index contributed by atoms with van der Waals surface area (Å²) in [5, 5.41) is 6.27. The Balaban J connectivity index is 2.33. The summed E-state index contributed by atoms with van der Waals surface area (Å²) in [5.41, 5.74) is 1.68. The maximum atomic E-state index is 5.15. The normalized spacial score (nSPS) is 10.7. The smallest absolute Gasteiger partial charge is 0.181 e. The van der Waals surface area contributed by atoms with Gasteiger partial charge in [-0.15, -0.1) is 11.3 Å². The average molecular weight is 278 g/mol. The standard InChI is InChI=1S/C13H18N4OS/c1-4-5-14-12-6-10(7-18-3)16-13(17-12)11-8-19-9(2)15-11/h6,8H,4-5,7H2,1-3H3,(H,14,16,17). The molecule has 0 spiro atoms. The van der Waals surface area contributed by atoms with E-state index in [9.17, 15) is 0 Å². The monoisotopic (exact) mass is 278 g/mol. The highest BCUT2D eigenvalue weighted by atomic mass is 32.1. The first-order valence-electron chi connectivity index (χ1n) is 6.26. The molecule has 0 amide bonds. The Kier molecular flexibility index (Phi) is 4.81. The number of hydrogen-bond donors (Lipinski definition) is 1. The Labute approximate surface area is 117 Å². The molecule has 19 heavy (non-hydrogen) atoms. The number of nitrogens with one attached hydrogen (secondary N) is 1. The van der Waals surface area contributed by atoms with Gasteiger partial charge in [0.15, 0.2) is 5.82 Å². The number of thiazole rings is 1. The van der Waals surface area contributed by atoms with E-state index in [4.69, 9.17) is 4.74 Å². The second-order valence-corrected chi connectivity index (χ2v) is 5.24. The fourth-order valence-corrected chi connectivity index (χ4v) is 2.23. The summed E-state index contributed by atoms with van der Waals surface area (Å²) in [6.45, 7) is 5.46. The summed E-state index contributed by atoms with van der Waals surface area (Å²) >= 11 is 1.60. The molecular formula is C13H18N4OS. The highest BCUT2D eigenvalue weighted by molar-refractivity contribution is 7.09. The van der Waals surface area contributed by atoms with Crippen molar-refractivity contribution in [3.05, 3.63) is 22.1 Å². The maximum Gasteiger partial charge on any atom is 0.181 e. The minimum atomic E-state index is 0.472. The quantitative estimate of drug-likeness (QED) is 0.880. The van der Waals surface area contributed by atoms with Gasteiger partial charge in [-0.25, -0.2) is 15.0 Å².